The van der Waals surface area contributed by atoms with E-state index in [4.69, 9.17) is 16.9 Å². The van der Waals surface area contributed by atoms with E-state index < -0.39 is 5.91 Å². The molecule has 3 amide bonds. The molecule has 1 heterocycles. The van der Waals surface area contributed by atoms with Crippen LogP contribution >= 0.6 is 11.6 Å². The number of rotatable bonds is 3. The van der Waals surface area contributed by atoms with Gasteiger partial charge in [-0.2, -0.15) is 5.26 Å². The van der Waals surface area contributed by atoms with Crippen molar-refractivity contribution >= 4 is 35.0 Å². The molecule has 2 fully saturated rings. The number of allylic oxidation sites excluding steroid dienone is 2. The summed E-state index contributed by atoms with van der Waals surface area (Å²) in [6.07, 6.45) is 4.88. The van der Waals surface area contributed by atoms with Crippen molar-refractivity contribution in [3.63, 3.8) is 0 Å². The molecule has 126 valence electrons. The lowest BCUT2D eigenvalue weighted by atomic mass is 9.85. The zero-order chi connectivity index (χ0) is 17.7. The molecule has 1 aromatic carbocycles. The molecule has 25 heavy (non-hydrogen) atoms. The fourth-order valence-electron chi connectivity index (χ4n) is 4.15. The summed E-state index contributed by atoms with van der Waals surface area (Å²) < 4.78 is 0. The Morgan fingerprint density at radius 2 is 1.88 bits per heavy atom. The first-order valence-electron chi connectivity index (χ1n) is 8.02. The number of nitrogens with one attached hydrogen (secondary N) is 1. The topological polar surface area (TPSA) is 90.3 Å². The smallest absolute Gasteiger partial charge is 0.244 e. The number of carbonyl (C=O) groups is 3. The molecule has 2 aliphatic carbocycles. The highest BCUT2D eigenvalue weighted by Gasteiger charge is 2.59. The van der Waals surface area contributed by atoms with E-state index in [2.05, 4.69) is 5.32 Å². The Morgan fingerprint density at radius 1 is 1.24 bits per heavy atom. The van der Waals surface area contributed by atoms with Gasteiger partial charge >= 0.3 is 0 Å². The molecule has 1 saturated carbocycles. The summed E-state index contributed by atoms with van der Waals surface area (Å²) in [5, 5.41) is 11.7. The molecular weight excluding hydrogens is 342 g/mol. The van der Waals surface area contributed by atoms with Crippen molar-refractivity contribution in [1.82, 2.24) is 4.90 Å². The largest absolute Gasteiger partial charge is 0.324 e. The van der Waals surface area contributed by atoms with Gasteiger partial charge in [0.05, 0.1) is 22.4 Å². The number of carbonyl (C=O) groups excluding carboxylic acids is 3. The fraction of sp³-hybridized carbons (Fsp3) is 0.333. The number of amides is 3. The summed E-state index contributed by atoms with van der Waals surface area (Å²) in [7, 11) is 0. The van der Waals surface area contributed by atoms with Gasteiger partial charge in [-0.05, 0) is 36.5 Å². The Bertz CT molecular complexity index is 843. The zero-order valence-electron chi connectivity index (χ0n) is 13.1. The summed E-state index contributed by atoms with van der Waals surface area (Å²) in [6, 6.07) is 6.45. The van der Waals surface area contributed by atoms with Gasteiger partial charge in [-0.1, -0.05) is 23.8 Å². The molecule has 1 saturated heterocycles. The van der Waals surface area contributed by atoms with Gasteiger partial charge in [0.15, 0.2) is 0 Å². The van der Waals surface area contributed by atoms with Crippen LogP contribution in [0.5, 0.6) is 0 Å². The maximum atomic E-state index is 12.5. The van der Waals surface area contributed by atoms with Gasteiger partial charge in [0.2, 0.25) is 17.7 Å². The molecule has 1 N–H and O–H groups in total. The monoisotopic (exact) mass is 355 g/mol. The maximum absolute atomic E-state index is 12.5. The first kappa shape index (κ1) is 15.9. The number of nitrogens with zero attached hydrogens (tertiary/aromatic N) is 2. The van der Waals surface area contributed by atoms with Crippen molar-refractivity contribution in [2.24, 2.45) is 23.7 Å². The average molecular weight is 356 g/mol. The van der Waals surface area contributed by atoms with Crippen LogP contribution < -0.4 is 5.32 Å². The maximum Gasteiger partial charge on any atom is 0.244 e. The standard InChI is InChI=1S/C18H14ClN3O3/c19-13-6-12(4-3-11(13)7-20)21-14(23)8-22-17(24)15-9-1-2-10(5-9)16(15)18(22)25/h1-4,6,9-10,15-16H,5,8H2,(H,21,23). The Labute approximate surface area is 149 Å². The second-order valence-electron chi connectivity index (χ2n) is 6.62. The number of anilines is 1. The lowest BCUT2D eigenvalue weighted by molar-refractivity contribution is -0.143. The Morgan fingerprint density at radius 3 is 2.44 bits per heavy atom. The molecular formula is C18H14ClN3O3. The second kappa shape index (κ2) is 5.71. The van der Waals surface area contributed by atoms with Crippen molar-refractivity contribution in [2.75, 3.05) is 11.9 Å². The summed E-state index contributed by atoms with van der Waals surface area (Å²) in [6.45, 7) is -0.304. The summed E-state index contributed by atoms with van der Waals surface area (Å²) in [5.41, 5.74) is 0.718. The van der Waals surface area contributed by atoms with Gasteiger partial charge < -0.3 is 5.32 Å². The molecule has 4 atom stereocenters. The van der Waals surface area contributed by atoms with Crippen LogP contribution in [0, 0.1) is 35.0 Å². The SMILES string of the molecule is N#Cc1ccc(NC(=O)CN2C(=O)C3C4C=CC(C4)C3C2=O)cc1Cl. The van der Waals surface area contributed by atoms with E-state index in [-0.39, 0.29) is 47.1 Å². The number of imide groups is 1. The van der Waals surface area contributed by atoms with E-state index in [9.17, 15) is 14.4 Å². The van der Waals surface area contributed by atoms with Gasteiger partial charge in [0, 0.05) is 5.69 Å². The third-order valence-electron chi connectivity index (χ3n) is 5.24. The van der Waals surface area contributed by atoms with Gasteiger partial charge in [0.1, 0.15) is 12.6 Å². The van der Waals surface area contributed by atoms with Crippen LogP contribution in [0.2, 0.25) is 5.02 Å². The number of hydrogen-bond donors (Lipinski definition) is 1. The van der Waals surface area contributed by atoms with Gasteiger partial charge in [-0.25, -0.2) is 0 Å². The Kier molecular flexibility index (Phi) is 3.62. The number of nitriles is 1. The van der Waals surface area contributed by atoms with Crippen LogP contribution in [-0.2, 0) is 14.4 Å². The Balaban J connectivity index is 1.45. The third-order valence-corrected chi connectivity index (χ3v) is 5.55. The predicted octanol–water partition coefficient (Wildman–Crippen LogP) is 1.96. The molecule has 1 aromatic rings. The third kappa shape index (κ3) is 2.43. The zero-order valence-corrected chi connectivity index (χ0v) is 13.9. The average Bonchev–Trinajstić information content (AvgIpc) is 3.25. The first-order valence-corrected chi connectivity index (χ1v) is 8.40. The number of likely N-dealkylation sites (tertiary alicyclic amines) is 1. The highest BCUT2D eigenvalue weighted by molar-refractivity contribution is 6.32. The summed E-state index contributed by atoms with van der Waals surface area (Å²) >= 11 is 5.93. The minimum Gasteiger partial charge on any atom is -0.324 e. The predicted molar refractivity (Wildman–Crippen MR) is 89.2 cm³/mol. The van der Waals surface area contributed by atoms with Crippen molar-refractivity contribution in [1.29, 1.82) is 5.26 Å². The van der Waals surface area contributed by atoms with Crippen LogP contribution in [0.15, 0.2) is 30.4 Å². The molecule has 7 heteroatoms. The molecule has 3 aliphatic rings. The number of benzene rings is 1. The van der Waals surface area contributed by atoms with Crippen molar-refractivity contribution in [3.8, 4) is 6.07 Å². The van der Waals surface area contributed by atoms with E-state index in [1.54, 1.807) is 6.07 Å². The van der Waals surface area contributed by atoms with Crippen LogP contribution in [0.3, 0.4) is 0 Å². The van der Waals surface area contributed by atoms with E-state index in [0.29, 0.717) is 11.3 Å². The first-order chi connectivity index (χ1) is 12.0. The number of hydrogen-bond acceptors (Lipinski definition) is 4. The minimum atomic E-state index is -0.470. The Hall–Kier alpha value is -2.65. The molecule has 6 nitrogen and oxygen atoms in total. The lowest BCUT2D eigenvalue weighted by Crippen LogP contribution is -2.39. The van der Waals surface area contributed by atoms with Crippen LogP contribution in [-0.4, -0.2) is 29.2 Å². The molecule has 0 radical (unpaired) electrons. The van der Waals surface area contributed by atoms with Gasteiger partial charge in [0.25, 0.3) is 0 Å². The molecule has 4 unspecified atom stereocenters. The lowest BCUT2D eigenvalue weighted by Gasteiger charge is -2.17. The molecule has 1 aliphatic heterocycles. The van der Waals surface area contributed by atoms with Crippen molar-refractivity contribution in [3.05, 3.63) is 40.9 Å². The van der Waals surface area contributed by atoms with Crippen LogP contribution in [0.1, 0.15) is 12.0 Å². The van der Waals surface area contributed by atoms with E-state index in [0.717, 1.165) is 11.3 Å². The van der Waals surface area contributed by atoms with E-state index >= 15 is 0 Å². The van der Waals surface area contributed by atoms with Gasteiger partial charge in [-0.15, -0.1) is 0 Å². The summed E-state index contributed by atoms with van der Waals surface area (Å²) in [4.78, 5) is 38.4. The second-order valence-corrected chi connectivity index (χ2v) is 7.02. The minimum absolute atomic E-state index is 0.122. The van der Waals surface area contributed by atoms with Crippen molar-refractivity contribution < 1.29 is 14.4 Å². The van der Waals surface area contributed by atoms with Gasteiger partial charge in [-0.3, -0.25) is 19.3 Å². The number of halogens is 1. The number of fused-ring (bicyclic) bond motifs is 5. The normalized spacial score (nSPS) is 29.0. The van der Waals surface area contributed by atoms with Crippen LogP contribution in [0.4, 0.5) is 5.69 Å². The van der Waals surface area contributed by atoms with Crippen molar-refractivity contribution in [2.45, 2.75) is 6.42 Å². The quantitative estimate of drug-likeness (QED) is 0.663. The summed E-state index contributed by atoms with van der Waals surface area (Å²) in [5.74, 6) is -1.34. The van der Waals surface area contributed by atoms with E-state index in [1.165, 1.54) is 12.1 Å². The molecule has 2 bridgehead atoms. The molecule has 4 rings (SSSR count). The highest BCUT2D eigenvalue weighted by Crippen LogP contribution is 2.52. The van der Waals surface area contributed by atoms with E-state index in [1.807, 2.05) is 18.2 Å². The fourth-order valence-corrected chi connectivity index (χ4v) is 4.37. The van der Waals surface area contributed by atoms with Crippen LogP contribution in [0.25, 0.3) is 0 Å². The molecule has 0 aromatic heterocycles. The molecule has 0 spiro atoms. The highest BCUT2D eigenvalue weighted by atomic mass is 35.5.